The minimum atomic E-state index is -1.07. The second-order valence-corrected chi connectivity index (χ2v) is 4.21. The number of carbonyl (C=O) groups is 2. The minimum Gasteiger partial charge on any atom is -0.459 e. The highest BCUT2D eigenvalue weighted by Crippen LogP contribution is 2.18. The smallest absolute Gasteiger partial charge is 0.397 e. The molecule has 0 saturated carbocycles. The number of anilines is 1. The fraction of sp³-hybridized carbons (Fsp3) is 0.167. The van der Waals surface area contributed by atoms with Gasteiger partial charge in [0.2, 0.25) is 0 Å². The average Bonchev–Trinajstić information content (AvgIpc) is 2.91. The van der Waals surface area contributed by atoms with Crippen LogP contribution in [0.2, 0.25) is 5.15 Å². The van der Waals surface area contributed by atoms with Gasteiger partial charge in [0, 0.05) is 0 Å². The van der Waals surface area contributed by atoms with Crippen molar-refractivity contribution in [3.63, 3.8) is 0 Å². The molecule has 0 fully saturated rings. The third kappa shape index (κ3) is 3.18. The van der Waals surface area contributed by atoms with Gasteiger partial charge in [-0.2, -0.15) is 15.0 Å². The number of halogens is 1. The SMILES string of the molecule is CCOC(=O)C(=O)Nc1c(C#N)cnn1-c1ccc(Cl)nn1. The van der Waals surface area contributed by atoms with Gasteiger partial charge in [-0.3, -0.25) is 10.1 Å². The van der Waals surface area contributed by atoms with E-state index in [1.165, 1.54) is 18.3 Å². The Morgan fingerprint density at radius 2 is 2.23 bits per heavy atom. The first-order valence-corrected chi connectivity index (χ1v) is 6.40. The molecule has 0 atom stereocenters. The molecule has 0 unspecified atom stereocenters. The first kappa shape index (κ1) is 15.4. The van der Waals surface area contributed by atoms with Crippen LogP contribution < -0.4 is 5.32 Å². The predicted octanol–water partition coefficient (Wildman–Crippen LogP) is 0.689. The number of esters is 1. The van der Waals surface area contributed by atoms with Gasteiger partial charge in [-0.25, -0.2) is 4.79 Å². The molecule has 1 amide bonds. The van der Waals surface area contributed by atoms with Crippen molar-refractivity contribution in [2.45, 2.75) is 6.92 Å². The highest BCUT2D eigenvalue weighted by molar-refractivity contribution is 6.37. The zero-order valence-corrected chi connectivity index (χ0v) is 12.0. The largest absolute Gasteiger partial charge is 0.459 e. The van der Waals surface area contributed by atoms with E-state index in [9.17, 15) is 9.59 Å². The standard InChI is InChI=1S/C12H9ClN6O3/c1-2-22-12(21)11(20)16-10-7(5-14)6-15-19(10)9-4-3-8(13)17-18-9/h3-4,6H,2H2,1H3,(H,16,20). The number of amides is 1. The van der Waals surface area contributed by atoms with Crippen molar-refractivity contribution < 1.29 is 14.3 Å². The van der Waals surface area contributed by atoms with E-state index < -0.39 is 11.9 Å². The summed E-state index contributed by atoms with van der Waals surface area (Å²) >= 11 is 5.65. The van der Waals surface area contributed by atoms with Crippen LogP contribution in [-0.2, 0) is 14.3 Å². The third-order valence-corrected chi connectivity index (χ3v) is 2.62. The van der Waals surface area contributed by atoms with Crippen molar-refractivity contribution in [1.29, 1.82) is 5.26 Å². The summed E-state index contributed by atoms with van der Waals surface area (Å²) in [6.07, 6.45) is 1.22. The molecule has 1 N–H and O–H groups in total. The molecular formula is C12H9ClN6O3. The molecule has 0 radical (unpaired) electrons. The van der Waals surface area contributed by atoms with E-state index in [1.807, 2.05) is 6.07 Å². The summed E-state index contributed by atoms with van der Waals surface area (Å²) in [5.41, 5.74) is 0.0504. The molecule has 2 heterocycles. The van der Waals surface area contributed by atoms with Gasteiger partial charge < -0.3 is 4.74 Å². The summed E-state index contributed by atoms with van der Waals surface area (Å²) in [5.74, 6) is -1.90. The lowest BCUT2D eigenvalue weighted by Crippen LogP contribution is -2.26. The Labute approximate surface area is 129 Å². The lowest BCUT2D eigenvalue weighted by Gasteiger charge is -2.07. The topological polar surface area (TPSA) is 123 Å². The zero-order valence-electron chi connectivity index (χ0n) is 11.3. The minimum absolute atomic E-state index is 0.0165. The summed E-state index contributed by atoms with van der Waals surface area (Å²) in [5, 5.41) is 22.9. The Balaban J connectivity index is 2.36. The second-order valence-electron chi connectivity index (χ2n) is 3.82. The van der Waals surface area contributed by atoms with Crippen molar-refractivity contribution in [2.75, 3.05) is 11.9 Å². The normalized spacial score (nSPS) is 9.86. The third-order valence-electron chi connectivity index (χ3n) is 2.42. The summed E-state index contributed by atoms with van der Waals surface area (Å²) in [6, 6.07) is 4.81. The first-order valence-electron chi connectivity index (χ1n) is 6.02. The monoisotopic (exact) mass is 320 g/mol. The number of carbonyl (C=O) groups excluding carboxylic acids is 2. The summed E-state index contributed by atoms with van der Waals surface area (Å²) in [4.78, 5) is 23.1. The fourth-order valence-electron chi connectivity index (χ4n) is 1.50. The molecular weight excluding hydrogens is 312 g/mol. The van der Waals surface area contributed by atoms with E-state index in [0.29, 0.717) is 0 Å². The van der Waals surface area contributed by atoms with E-state index in [0.717, 1.165) is 4.68 Å². The maximum atomic E-state index is 11.7. The van der Waals surface area contributed by atoms with E-state index in [4.69, 9.17) is 16.9 Å². The van der Waals surface area contributed by atoms with Crippen LogP contribution in [0.1, 0.15) is 12.5 Å². The maximum absolute atomic E-state index is 11.7. The van der Waals surface area contributed by atoms with Gasteiger partial charge in [0.1, 0.15) is 11.6 Å². The van der Waals surface area contributed by atoms with Crippen LogP contribution in [0.5, 0.6) is 0 Å². The van der Waals surface area contributed by atoms with E-state index in [-0.39, 0.29) is 29.0 Å². The molecule has 2 rings (SSSR count). The van der Waals surface area contributed by atoms with Crippen LogP contribution in [0.4, 0.5) is 5.82 Å². The van der Waals surface area contributed by atoms with Crippen molar-refractivity contribution in [1.82, 2.24) is 20.0 Å². The zero-order chi connectivity index (χ0) is 16.1. The van der Waals surface area contributed by atoms with Crippen molar-refractivity contribution in [3.05, 3.63) is 29.0 Å². The summed E-state index contributed by atoms with van der Waals surface area (Å²) < 4.78 is 5.73. The summed E-state index contributed by atoms with van der Waals surface area (Å²) in [7, 11) is 0. The van der Waals surface area contributed by atoms with Crippen molar-refractivity contribution in [3.8, 4) is 11.9 Å². The Morgan fingerprint density at radius 3 is 2.82 bits per heavy atom. The van der Waals surface area contributed by atoms with Crippen molar-refractivity contribution in [2.24, 2.45) is 0 Å². The molecule has 112 valence electrons. The molecule has 22 heavy (non-hydrogen) atoms. The number of nitriles is 1. The molecule has 0 aromatic carbocycles. The van der Waals surface area contributed by atoms with Crippen LogP contribution in [0.3, 0.4) is 0 Å². The van der Waals surface area contributed by atoms with E-state index in [1.54, 1.807) is 6.92 Å². The predicted molar refractivity (Wildman–Crippen MR) is 74.1 cm³/mol. The van der Waals surface area contributed by atoms with Crippen LogP contribution in [0, 0.1) is 11.3 Å². The van der Waals surface area contributed by atoms with E-state index in [2.05, 4.69) is 25.3 Å². The molecule has 0 aliphatic rings. The number of nitrogens with one attached hydrogen (secondary N) is 1. The second kappa shape index (κ2) is 6.64. The number of hydrogen-bond donors (Lipinski definition) is 1. The number of rotatable bonds is 3. The molecule has 0 aliphatic heterocycles. The van der Waals surface area contributed by atoms with Gasteiger partial charge in [0.05, 0.1) is 12.8 Å². The van der Waals surface area contributed by atoms with Crippen molar-refractivity contribution >= 4 is 29.3 Å². The molecule has 0 bridgehead atoms. The van der Waals surface area contributed by atoms with E-state index >= 15 is 0 Å². The van der Waals surface area contributed by atoms with Crippen LogP contribution >= 0.6 is 11.6 Å². The van der Waals surface area contributed by atoms with Gasteiger partial charge >= 0.3 is 11.9 Å². The fourth-order valence-corrected chi connectivity index (χ4v) is 1.60. The number of aromatic nitrogens is 4. The van der Waals surface area contributed by atoms with Crippen LogP contribution in [-0.4, -0.2) is 38.5 Å². The van der Waals surface area contributed by atoms with Crippen LogP contribution in [0.15, 0.2) is 18.3 Å². The molecule has 0 aliphatic carbocycles. The van der Waals surface area contributed by atoms with Gasteiger partial charge in [0.15, 0.2) is 16.8 Å². The molecule has 0 spiro atoms. The lowest BCUT2D eigenvalue weighted by atomic mass is 10.3. The molecule has 2 aromatic rings. The Morgan fingerprint density at radius 1 is 1.45 bits per heavy atom. The maximum Gasteiger partial charge on any atom is 0.397 e. The number of nitrogens with zero attached hydrogens (tertiary/aromatic N) is 5. The Hall–Kier alpha value is -2.99. The number of hydrogen-bond acceptors (Lipinski definition) is 7. The molecule has 0 saturated heterocycles. The summed E-state index contributed by atoms with van der Waals surface area (Å²) in [6.45, 7) is 1.62. The molecule has 10 heteroatoms. The number of ether oxygens (including phenoxy) is 1. The quantitative estimate of drug-likeness (QED) is 0.651. The highest BCUT2D eigenvalue weighted by atomic mass is 35.5. The van der Waals surface area contributed by atoms with Gasteiger partial charge in [-0.1, -0.05) is 11.6 Å². The molecule has 9 nitrogen and oxygen atoms in total. The van der Waals surface area contributed by atoms with Crippen LogP contribution in [0.25, 0.3) is 5.82 Å². The molecule has 2 aromatic heterocycles. The Kier molecular flexibility index (Phi) is 4.65. The van der Waals surface area contributed by atoms with Gasteiger partial charge in [-0.15, -0.1) is 10.2 Å². The van der Waals surface area contributed by atoms with Gasteiger partial charge in [-0.05, 0) is 19.1 Å². The average molecular weight is 321 g/mol. The first-order chi connectivity index (χ1) is 10.6. The lowest BCUT2D eigenvalue weighted by molar-refractivity contribution is -0.152. The highest BCUT2D eigenvalue weighted by Gasteiger charge is 2.21. The Bertz CT molecular complexity index is 749. The van der Waals surface area contributed by atoms with Gasteiger partial charge in [0.25, 0.3) is 0 Å².